The zero-order valence-electron chi connectivity index (χ0n) is 30.1. The molecule has 2 aliphatic carbocycles. The molecule has 3 aromatic rings. The molecule has 5 rings (SSSR count). The van der Waals surface area contributed by atoms with Crippen LogP contribution in [0.1, 0.15) is 117 Å². The first kappa shape index (κ1) is 38.7. The number of rotatable bonds is 21. The summed E-state index contributed by atoms with van der Waals surface area (Å²) in [6.45, 7) is 4.33. The Morgan fingerprint density at radius 1 is 0.647 bits per heavy atom. The Morgan fingerprint density at radius 2 is 1.22 bits per heavy atom. The summed E-state index contributed by atoms with van der Waals surface area (Å²) in [6.07, 6.45) is 18.5. The third-order valence-electron chi connectivity index (χ3n) is 9.61. The molecule has 51 heavy (non-hydrogen) atoms. The van der Waals surface area contributed by atoms with Crippen LogP contribution in [0.3, 0.4) is 0 Å². The summed E-state index contributed by atoms with van der Waals surface area (Å²) in [6, 6.07) is 19.7. The third kappa shape index (κ3) is 12.0. The maximum atomic E-state index is 13.2. The van der Waals surface area contributed by atoms with Gasteiger partial charge in [-0.2, -0.15) is 0 Å². The number of allylic oxidation sites excluding steroid dienone is 2. The first-order chi connectivity index (χ1) is 24.9. The van der Waals surface area contributed by atoms with Crippen molar-refractivity contribution < 1.29 is 28.6 Å². The minimum atomic E-state index is -0.513. The van der Waals surface area contributed by atoms with Crippen LogP contribution in [0.25, 0.3) is 0 Å². The molecule has 2 aliphatic rings. The van der Waals surface area contributed by atoms with Crippen LogP contribution < -0.4 is 9.47 Å². The number of carbonyl (C=O) groups excluding carboxylic acids is 3. The topological polar surface area (TPSA) is 78.9 Å². The summed E-state index contributed by atoms with van der Waals surface area (Å²) in [7, 11) is 0. The highest BCUT2D eigenvalue weighted by Crippen LogP contribution is 2.44. The molecule has 0 amide bonds. The quantitative estimate of drug-likeness (QED) is 0.0353. The fourth-order valence-electron chi connectivity index (χ4n) is 6.63. The maximum absolute atomic E-state index is 13.2. The zero-order valence-corrected chi connectivity index (χ0v) is 31.7. The largest absolute Gasteiger partial charge is 0.460 e. The van der Waals surface area contributed by atoms with Gasteiger partial charge in [-0.05, 0) is 116 Å². The Bertz CT molecular complexity index is 1600. The van der Waals surface area contributed by atoms with Crippen LogP contribution in [-0.4, -0.2) is 29.4 Å². The van der Waals surface area contributed by atoms with E-state index in [1.807, 2.05) is 24.3 Å². The van der Waals surface area contributed by atoms with Gasteiger partial charge in [-0.25, -0.2) is 9.59 Å². The lowest BCUT2D eigenvalue weighted by Gasteiger charge is -2.18. The Balaban J connectivity index is 1.20. The Labute approximate surface area is 312 Å². The van der Waals surface area contributed by atoms with Gasteiger partial charge in [-0.15, -0.1) is 23.5 Å². The summed E-state index contributed by atoms with van der Waals surface area (Å²) in [4.78, 5) is 41.7. The number of carbonyl (C=O) groups is 3. The molecule has 0 N–H and O–H groups in total. The lowest BCUT2D eigenvalue weighted by atomic mass is 9.94. The predicted octanol–water partition coefficient (Wildman–Crippen LogP) is 11.5. The number of benzene rings is 3. The molecule has 8 heteroatoms. The van der Waals surface area contributed by atoms with E-state index < -0.39 is 11.9 Å². The minimum Gasteiger partial charge on any atom is -0.460 e. The van der Waals surface area contributed by atoms with Crippen LogP contribution in [0.5, 0.6) is 11.5 Å². The molecule has 3 atom stereocenters. The second-order valence-electron chi connectivity index (χ2n) is 13.6. The van der Waals surface area contributed by atoms with E-state index in [1.54, 1.807) is 66.0 Å². The molecule has 0 aromatic heterocycles. The highest BCUT2D eigenvalue weighted by atomic mass is 32.2. The van der Waals surface area contributed by atoms with Gasteiger partial charge in [0, 0.05) is 15.4 Å². The van der Waals surface area contributed by atoms with E-state index in [0.29, 0.717) is 22.6 Å². The highest BCUT2D eigenvalue weighted by Gasteiger charge is 2.40. The summed E-state index contributed by atoms with van der Waals surface area (Å²) in [5, 5.41) is 0. The number of ether oxygens (including phenoxy) is 3. The third-order valence-corrected chi connectivity index (χ3v) is 11.8. The van der Waals surface area contributed by atoms with E-state index in [2.05, 4.69) is 26.0 Å². The molecule has 0 heterocycles. The monoisotopic (exact) mass is 728 g/mol. The predicted molar refractivity (Wildman–Crippen MR) is 207 cm³/mol. The van der Waals surface area contributed by atoms with Crippen molar-refractivity contribution in [3.63, 3.8) is 0 Å². The van der Waals surface area contributed by atoms with E-state index in [0.717, 1.165) is 34.1 Å². The van der Waals surface area contributed by atoms with Crippen molar-refractivity contribution in [1.29, 1.82) is 0 Å². The Hall–Kier alpha value is -3.49. The lowest BCUT2D eigenvalue weighted by Crippen LogP contribution is -2.21. The van der Waals surface area contributed by atoms with E-state index >= 15 is 0 Å². The zero-order chi connectivity index (χ0) is 35.8. The van der Waals surface area contributed by atoms with Crippen molar-refractivity contribution in [2.24, 2.45) is 17.8 Å². The van der Waals surface area contributed by atoms with Crippen LogP contribution in [0.2, 0.25) is 0 Å². The molecule has 1 saturated carbocycles. The second-order valence-corrected chi connectivity index (χ2v) is 16.0. The van der Waals surface area contributed by atoms with Crippen molar-refractivity contribution in [3.05, 3.63) is 95.6 Å². The SMILES string of the molecule is CCCCCCCSc1ccc(C(=O)Oc2ccc(OC(=O)c3ccc(SCCCCCCC)cc3)c(COC(=O)C3CC4C=CC3C4)c2)cc1. The van der Waals surface area contributed by atoms with E-state index in [4.69, 9.17) is 14.2 Å². The number of hydrogen-bond donors (Lipinski definition) is 0. The maximum Gasteiger partial charge on any atom is 0.343 e. The molecule has 1 fully saturated rings. The number of fused-ring (bicyclic) bond motifs is 2. The van der Waals surface area contributed by atoms with Crippen LogP contribution in [0.15, 0.2) is 88.7 Å². The number of esters is 3. The highest BCUT2D eigenvalue weighted by molar-refractivity contribution is 7.99. The Kier molecular flexibility index (Phi) is 15.6. The summed E-state index contributed by atoms with van der Waals surface area (Å²) in [5.74, 6) is 1.85. The van der Waals surface area contributed by atoms with E-state index in [1.165, 1.54) is 64.2 Å². The van der Waals surface area contributed by atoms with Gasteiger partial charge in [0.25, 0.3) is 0 Å². The second kappa shape index (κ2) is 20.5. The molecule has 0 radical (unpaired) electrons. The molecule has 0 aliphatic heterocycles. The molecule has 3 unspecified atom stereocenters. The van der Waals surface area contributed by atoms with Gasteiger partial charge in [-0.3, -0.25) is 4.79 Å². The molecule has 6 nitrogen and oxygen atoms in total. The number of hydrogen-bond acceptors (Lipinski definition) is 8. The van der Waals surface area contributed by atoms with Crippen LogP contribution in [0, 0.1) is 17.8 Å². The lowest BCUT2D eigenvalue weighted by molar-refractivity contribution is -0.150. The van der Waals surface area contributed by atoms with Crippen LogP contribution in [0.4, 0.5) is 0 Å². The molecule has 3 aromatic carbocycles. The van der Waals surface area contributed by atoms with Crippen molar-refractivity contribution in [2.75, 3.05) is 11.5 Å². The summed E-state index contributed by atoms with van der Waals surface area (Å²) < 4.78 is 17.4. The molecule has 272 valence electrons. The number of thioether (sulfide) groups is 2. The Morgan fingerprint density at radius 3 is 1.75 bits per heavy atom. The fraction of sp³-hybridized carbons (Fsp3) is 0.465. The minimum absolute atomic E-state index is 0.108. The molecular weight excluding hydrogens is 677 g/mol. The normalized spacial score (nSPS) is 17.4. The van der Waals surface area contributed by atoms with Crippen molar-refractivity contribution in [2.45, 2.75) is 107 Å². The average molecular weight is 729 g/mol. The van der Waals surface area contributed by atoms with Gasteiger partial charge in [-0.1, -0.05) is 77.4 Å². The molecule has 2 bridgehead atoms. The van der Waals surface area contributed by atoms with Crippen molar-refractivity contribution in [1.82, 2.24) is 0 Å². The summed E-state index contributed by atoms with van der Waals surface area (Å²) >= 11 is 3.59. The fourth-order valence-corrected chi connectivity index (χ4v) is 8.46. The van der Waals surface area contributed by atoms with Gasteiger partial charge in [0.1, 0.15) is 18.1 Å². The van der Waals surface area contributed by atoms with Gasteiger partial charge < -0.3 is 14.2 Å². The van der Waals surface area contributed by atoms with E-state index in [9.17, 15) is 14.4 Å². The first-order valence-corrected chi connectivity index (χ1v) is 20.8. The van der Waals surface area contributed by atoms with Gasteiger partial charge in [0.05, 0.1) is 17.0 Å². The first-order valence-electron chi connectivity index (χ1n) is 18.8. The number of unbranched alkanes of at least 4 members (excludes halogenated alkanes) is 8. The van der Waals surface area contributed by atoms with Gasteiger partial charge >= 0.3 is 17.9 Å². The average Bonchev–Trinajstić information content (AvgIpc) is 3.79. The van der Waals surface area contributed by atoms with Crippen LogP contribution >= 0.6 is 23.5 Å². The van der Waals surface area contributed by atoms with Crippen molar-refractivity contribution >= 4 is 41.4 Å². The smallest absolute Gasteiger partial charge is 0.343 e. The van der Waals surface area contributed by atoms with Gasteiger partial charge in [0.15, 0.2) is 0 Å². The molecule has 0 saturated heterocycles. The molecular formula is C43H52O6S2. The molecule has 0 spiro atoms. The van der Waals surface area contributed by atoms with Crippen LogP contribution in [-0.2, 0) is 16.1 Å². The van der Waals surface area contributed by atoms with Gasteiger partial charge in [0.2, 0.25) is 0 Å². The standard InChI is InChI=1S/C43H52O6S2/c1-3-5-7-9-11-25-50-37-20-15-32(16-21-37)41(44)48-36-19-24-40(35(29-36)30-47-43(46)39-28-31-13-14-34(39)27-31)49-42(45)33-17-22-38(23-18-33)51-26-12-10-8-6-4-2/h13-24,29,31,34,39H,3-12,25-28,30H2,1-2H3. The van der Waals surface area contributed by atoms with E-state index in [-0.39, 0.29) is 35.9 Å². The summed E-state index contributed by atoms with van der Waals surface area (Å²) in [5.41, 5.74) is 1.31. The van der Waals surface area contributed by atoms with Crippen molar-refractivity contribution in [3.8, 4) is 11.5 Å².